The van der Waals surface area contributed by atoms with E-state index in [4.69, 9.17) is 4.74 Å². The molecule has 2 fully saturated rings. The predicted molar refractivity (Wildman–Crippen MR) is 107 cm³/mol. The van der Waals surface area contributed by atoms with Gasteiger partial charge in [0.2, 0.25) is 0 Å². The number of nitrogens with one attached hydrogen (secondary N) is 1. The first kappa shape index (κ1) is 18.5. The fraction of sp³-hybridized carbons (Fsp3) is 0.500. The SMILES string of the molecule is CNc1ccnc(OC2CCN(c3ccc(C(=O)N4CCCC4)cn3)CC2)n1. The number of rotatable bonds is 5. The van der Waals surface area contributed by atoms with Crippen molar-refractivity contribution in [2.45, 2.75) is 31.8 Å². The smallest absolute Gasteiger partial charge is 0.318 e. The molecular formula is C20H26N6O2. The van der Waals surface area contributed by atoms with E-state index < -0.39 is 0 Å². The van der Waals surface area contributed by atoms with Crippen LogP contribution in [-0.2, 0) is 0 Å². The van der Waals surface area contributed by atoms with E-state index in [0.717, 1.165) is 63.5 Å². The van der Waals surface area contributed by atoms with Crippen LogP contribution in [-0.4, -0.2) is 65.1 Å². The van der Waals surface area contributed by atoms with Crippen molar-refractivity contribution in [2.24, 2.45) is 0 Å². The van der Waals surface area contributed by atoms with Gasteiger partial charge < -0.3 is 19.9 Å². The van der Waals surface area contributed by atoms with Gasteiger partial charge in [-0.1, -0.05) is 0 Å². The summed E-state index contributed by atoms with van der Waals surface area (Å²) in [5.41, 5.74) is 0.672. The number of piperidine rings is 1. The van der Waals surface area contributed by atoms with Gasteiger partial charge in [0.05, 0.1) is 5.56 Å². The molecule has 8 heteroatoms. The van der Waals surface area contributed by atoms with Gasteiger partial charge in [-0.15, -0.1) is 0 Å². The summed E-state index contributed by atoms with van der Waals surface area (Å²) in [5.74, 6) is 1.74. The van der Waals surface area contributed by atoms with Crippen LogP contribution < -0.4 is 15.0 Å². The van der Waals surface area contributed by atoms with Gasteiger partial charge in [0.25, 0.3) is 5.91 Å². The Hall–Kier alpha value is -2.90. The molecule has 148 valence electrons. The second-order valence-corrected chi connectivity index (χ2v) is 7.18. The zero-order valence-corrected chi connectivity index (χ0v) is 16.2. The van der Waals surface area contributed by atoms with E-state index in [1.54, 1.807) is 18.5 Å². The third-order valence-electron chi connectivity index (χ3n) is 5.32. The molecule has 1 amide bonds. The van der Waals surface area contributed by atoms with Crippen LogP contribution in [0.4, 0.5) is 11.6 Å². The minimum Gasteiger partial charge on any atom is -0.460 e. The number of hydrogen-bond acceptors (Lipinski definition) is 7. The maximum atomic E-state index is 12.4. The van der Waals surface area contributed by atoms with E-state index in [0.29, 0.717) is 11.6 Å². The van der Waals surface area contributed by atoms with Gasteiger partial charge in [-0.2, -0.15) is 4.98 Å². The minimum atomic E-state index is 0.0902. The number of carbonyl (C=O) groups is 1. The standard InChI is InChI=1S/C20H26N6O2/c1-21-17-6-9-22-20(24-17)28-16-7-12-25(13-8-16)18-5-4-15(14-23-18)19(27)26-10-2-3-11-26/h4-6,9,14,16H,2-3,7-8,10-13H2,1H3,(H,21,22,24). The van der Waals surface area contributed by atoms with Crippen LogP contribution in [0.15, 0.2) is 30.6 Å². The number of anilines is 2. The van der Waals surface area contributed by atoms with Crippen LogP contribution in [0, 0.1) is 0 Å². The van der Waals surface area contributed by atoms with Crippen molar-refractivity contribution in [3.63, 3.8) is 0 Å². The molecule has 8 nitrogen and oxygen atoms in total. The van der Waals surface area contributed by atoms with Gasteiger partial charge in [0, 0.05) is 58.5 Å². The molecular weight excluding hydrogens is 356 g/mol. The molecule has 0 atom stereocenters. The quantitative estimate of drug-likeness (QED) is 0.849. The lowest BCUT2D eigenvalue weighted by Crippen LogP contribution is -2.39. The van der Waals surface area contributed by atoms with E-state index in [1.807, 2.05) is 24.1 Å². The van der Waals surface area contributed by atoms with Crippen molar-refractivity contribution in [3.8, 4) is 6.01 Å². The first-order chi connectivity index (χ1) is 13.7. The summed E-state index contributed by atoms with van der Waals surface area (Å²) < 4.78 is 5.93. The summed E-state index contributed by atoms with van der Waals surface area (Å²) in [6.07, 6.45) is 7.44. The number of ether oxygens (including phenoxy) is 1. The summed E-state index contributed by atoms with van der Waals surface area (Å²) in [6, 6.07) is 6.06. The molecule has 0 aliphatic carbocycles. The highest BCUT2D eigenvalue weighted by molar-refractivity contribution is 5.94. The fourth-order valence-electron chi connectivity index (χ4n) is 3.69. The Morgan fingerprint density at radius 1 is 1.11 bits per heavy atom. The lowest BCUT2D eigenvalue weighted by atomic mass is 10.1. The van der Waals surface area contributed by atoms with Crippen molar-refractivity contribution in [1.82, 2.24) is 19.9 Å². The van der Waals surface area contributed by atoms with Crippen LogP contribution in [0.25, 0.3) is 0 Å². The molecule has 4 rings (SSSR count). The summed E-state index contributed by atoms with van der Waals surface area (Å²) in [5, 5.41) is 2.99. The molecule has 0 aromatic carbocycles. The molecule has 0 saturated carbocycles. The Morgan fingerprint density at radius 3 is 2.57 bits per heavy atom. The maximum absolute atomic E-state index is 12.4. The molecule has 0 spiro atoms. The average molecular weight is 382 g/mol. The van der Waals surface area contributed by atoms with E-state index in [-0.39, 0.29) is 12.0 Å². The van der Waals surface area contributed by atoms with Crippen molar-refractivity contribution in [1.29, 1.82) is 0 Å². The van der Waals surface area contributed by atoms with Gasteiger partial charge in [-0.05, 0) is 31.0 Å². The third-order valence-corrected chi connectivity index (χ3v) is 5.32. The number of likely N-dealkylation sites (tertiary alicyclic amines) is 1. The first-order valence-electron chi connectivity index (χ1n) is 9.90. The van der Waals surface area contributed by atoms with Crippen LogP contribution in [0.5, 0.6) is 6.01 Å². The van der Waals surface area contributed by atoms with Crippen LogP contribution in [0.1, 0.15) is 36.0 Å². The highest BCUT2D eigenvalue weighted by atomic mass is 16.5. The number of aromatic nitrogens is 3. The van der Waals surface area contributed by atoms with Crippen molar-refractivity contribution in [2.75, 3.05) is 43.4 Å². The Balaban J connectivity index is 1.31. The number of pyridine rings is 1. The normalized spacial score (nSPS) is 17.6. The molecule has 28 heavy (non-hydrogen) atoms. The Kier molecular flexibility index (Phi) is 5.55. The molecule has 2 aromatic rings. The van der Waals surface area contributed by atoms with Crippen molar-refractivity contribution < 1.29 is 9.53 Å². The zero-order valence-electron chi connectivity index (χ0n) is 16.2. The van der Waals surface area contributed by atoms with Crippen molar-refractivity contribution >= 4 is 17.5 Å². The van der Waals surface area contributed by atoms with Gasteiger partial charge in [-0.3, -0.25) is 4.79 Å². The van der Waals surface area contributed by atoms with Gasteiger partial charge in [-0.25, -0.2) is 9.97 Å². The van der Waals surface area contributed by atoms with Gasteiger partial charge in [0.1, 0.15) is 17.7 Å². The number of amides is 1. The number of hydrogen-bond donors (Lipinski definition) is 1. The zero-order chi connectivity index (χ0) is 19.3. The summed E-state index contributed by atoms with van der Waals surface area (Å²) in [7, 11) is 1.82. The van der Waals surface area contributed by atoms with Gasteiger partial charge >= 0.3 is 6.01 Å². The highest BCUT2D eigenvalue weighted by Crippen LogP contribution is 2.22. The molecule has 2 aliphatic rings. The largest absolute Gasteiger partial charge is 0.460 e. The Morgan fingerprint density at radius 2 is 1.89 bits per heavy atom. The van der Waals surface area contributed by atoms with E-state index >= 15 is 0 Å². The van der Waals surface area contributed by atoms with Crippen LogP contribution >= 0.6 is 0 Å². The monoisotopic (exact) mass is 382 g/mol. The second kappa shape index (κ2) is 8.41. The fourth-order valence-corrected chi connectivity index (χ4v) is 3.69. The number of carbonyl (C=O) groups excluding carboxylic acids is 1. The van der Waals surface area contributed by atoms with Crippen LogP contribution in [0.2, 0.25) is 0 Å². The predicted octanol–water partition coefficient (Wildman–Crippen LogP) is 2.20. The summed E-state index contributed by atoms with van der Waals surface area (Å²) >= 11 is 0. The molecule has 0 bridgehead atoms. The second-order valence-electron chi connectivity index (χ2n) is 7.18. The highest BCUT2D eigenvalue weighted by Gasteiger charge is 2.23. The van der Waals surface area contributed by atoms with E-state index in [9.17, 15) is 4.79 Å². The molecule has 1 N–H and O–H groups in total. The molecule has 0 unspecified atom stereocenters. The molecule has 2 aromatic heterocycles. The summed E-state index contributed by atoms with van der Waals surface area (Å²) in [4.78, 5) is 29.6. The summed E-state index contributed by atoms with van der Waals surface area (Å²) in [6.45, 7) is 3.41. The first-order valence-corrected chi connectivity index (χ1v) is 9.90. The Bertz CT molecular complexity index is 799. The number of nitrogens with zero attached hydrogens (tertiary/aromatic N) is 5. The maximum Gasteiger partial charge on any atom is 0.318 e. The van der Waals surface area contributed by atoms with Crippen molar-refractivity contribution in [3.05, 3.63) is 36.2 Å². The Labute approximate surface area is 164 Å². The third kappa shape index (κ3) is 4.16. The average Bonchev–Trinajstić information content (AvgIpc) is 3.29. The molecule has 4 heterocycles. The molecule has 2 saturated heterocycles. The lowest BCUT2D eigenvalue weighted by Gasteiger charge is -2.32. The van der Waals surface area contributed by atoms with Crippen LogP contribution in [0.3, 0.4) is 0 Å². The molecule has 0 radical (unpaired) electrons. The lowest BCUT2D eigenvalue weighted by molar-refractivity contribution is 0.0792. The van der Waals surface area contributed by atoms with Gasteiger partial charge in [0.15, 0.2) is 0 Å². The topological polar surface area (TPSA) is 83.5 Å². The minimum absolute atomic E-state index is 0.0902. The van der Waals surface area contributed by atoms with E-state index in [2.05, 4.69) is 25.2 Å². The van der Waals surface area contributed by atoms with E-state index in [1.165, 1.54) is 0 Å². The molecule has 2 aliphatic heterocycles.